The van der Waals surface area contributed by atoms with Crippen LogP contribution in [0.5, 0.6) is 5.75 Å². The topological polar surface area (TPSA) is 130 Å². The second kappa shape index (κ2) is 10.7. The highest BCUT2D eigenvalue weighted by Gasteiger charge is 2.37. The Morgan fingerprint density at radius 1 is 1.23 bits per heavy atom. The number of aliphatic hydroxyl groups excluding tert-OH is 1. The van der Waals surface area contributed by atoms with Crippen LogP contribution in [0.4, 0.5) is 4.39 Å². The first-order valence-corrected chi connectivity index (χ1v) is 9.85. The normalized spacial score (nSPS) is 17.9. The van der Waals surface area contributed by atoms with Gasteiger partial charge < -0.3 is 20.7 Å². The van der Waals surface area contributed by atoms with Crippen molar-refractivity contribution in [1.29, 1.82) is 0 Å². The number of aliphatic hydroxyl groups is 1. The summed E-state index contributed by atoms with van der Waals surface area (Å²) in [5.41, 5.74) is 4.95. The number of nitrogens with zero attached hydrogens (tertiary/aromatic N) is 1. The van der Waals surface area contributed by atoms with E-state index in [0.29, 0.717) is 25.7 Å². The van der Waals surface area contributed by atoms with Crippen molar-refractivity contribution in [1.82, 2.24) is 4.90 Å². The number of ether oxygens (including phenoxy) is 1. The van der Waals surface area contributed by atoms with E-state index >= 15 is 0 Å². The molecule has 0 aliphatic carbocycles. The predicted molar refractivity (Wildman–Crippen MR) is 106 cm³/mol. The van der Waals surface area contributed by atoms with Crippen LogP contribution in [0.2, 0.25) is 0 Å². The number of benzene rings is 1. The van der Waals surface area contributed by atoms with Gasteiger partial charge in [0.1, 0.15) is 23.7 Å². The van der Waals surface area contributed by atoms with E-state index in [-0.39, 0.29) is 24.2 Å². The molecule has 1 aromatic rings. The lowest BCUT2D eigenvalue weighted by atomic mass is 10.1. The largest absolute Gasteiger partial charge is 0.507 e. The number of para-hydroxylation sites is 1. The summed E-state index contributed by atoms with van der Waals surface area (Å²) in [5, 5.41) is 19.2. The molecule has 1 aliphatic rings. The van der Waals surface area contributed by atoms with Gasteiger partial charge in [0.15, 0.2) is 0 Å². The van der Waals surface area contributed by atoms with Gasteiger partial charge in [0.05, 0.1) is 11.7 Å². The standard InChI is InChI=1S/C21H27FN2O6/c1-13(7-3-2-4-10-18(26)19(23)27)30-21(29)16-11-14(22)12-24(16)20(28)15-8-5-6-9-17(15)25/h5-6,8-9,12-13,16,18,25-26H,2-4,7,10-11H2,1H3,(H2,23,27)/t13-,16+,18-/m1/s1. The number of unbranched alkanes of at least 4 members (excludes halogenated alkanes) is 2. The fraction of sp³-hybridized carbons (Fsp3) is 0.476. The monoisotopic (exact) mass is 422 g/mol. The second-order valence-electron chi connectivity index (χ2n) is 7.33. The third-order valence-corrected chi connectivity index (χ3v) is 4.88. The van der Waals surface area contributed by atoms with Crippen molar-refractivity contribution in [2.45, 2.75) is 63.7 Å². The zero-order chi connectivity index (χ0) is 22.3. The number of aromatic hydroxyl groups is 1. The number of nitrogens with two attached hydrogens (primary N) is 1. The van der Waals surface area contributed by atoms with E-state index in [2.05, 4.69) is 0 Å². The third kappa shape index (κ3) is 6.28. The van der Waals surface area contributed by atoms with Crippen LogP contribution in [0.15, 0.2) is 36.3 Å². The van der Waals surface area contributed by atoms with Crippen LogP contribution >= 0.6 is 0 Å². The Bertz CT molecular complexity index is 812. The molecule has 8 nitrogen and oxygen atoms in total. The number of rotatable bonds is 10. The van der Waals surface area contributed by atoms with E-state index in [1.165, 1.54) is 12.1 Å². The highest BCUT2D eigenvalue weighted by atomic mass is 19.1. The lowest BCUT2D eigenvalue weighted by Crippen LogP contribution is -2.40. The van der Waals surface area contributed by atoms with Gasteiger partial charge in [0.2, 0.25) is 5.91 Å². The number of carbonyl (C=O) groups is 3. The molecular formula is C21H27FN2O6. The number of phenols is 1. The molecule has 4 N–H and O–H groups in total. The van der Waals surface area contributed by atoms with Gasteiger partial charge >= 0.3 is 5.97 Å². The van der Waals surface area contributed by atoms with Gasteiger partial charge in [-0.1, -0.05) is 25.0 Å². The number of carbonyl (C=O) groups excluding carboxylic acids is 3. The minimum atomic E-state index is -1.16. The summed E-state index contributed by atoms with van der Waals surface area (Å²) in [7, 11) is 0. The smallest absolute Gasteiger partial charge is 0.329 e. The SMILES string of the molecule is C[C@H](CCCCC[C@@H](O)C(N)=O)OC(=O)[C@@H]1CC(F)=CN1C(=O)c1ccccc1O. The van der Waals surface area contributed by atoms with Crippen molar-refractivity contribution in [3.05, 3.63) is 41.9 Å². The van der Waals surface area contributed by atoms with Gasteiger partial charge in [0, 0.05) is 12.6 Å². The summed E-state index contributed by atoms with van der Waals surface area (Å²) >= 11 is 0. The van der Waals surface area contributed by atoms with Gasteiger partial charge in [-0.25, -0.2) is 9.18 Å². The highest BCUT2D eigenvalue weighted by molar-refractivity contribution is 6.00. The van der Waals surface area contributed by atoms with Gasteiger partial charge in [-0.3, -0.25) is 14.5 Å². The first kappa shape index (κ1) is 23.3. The average molecular weight is 422 g/mol. The van der Waals surface area contributed by atoms with E-state index in [1.54, 1.807) is 19.1 Å². The van der Waals surface area contributed by atoms with E-state index in [1.807, 2.05) is 0 Å². The molecule has 0 radical (unpaired) electrons. The molecule has 1 aromatic carbocycles. The number of halogens is 1. The first-order chi connectivity index (χ1) is 14.2. The van der Waals surface area contributed by atoms with Crippen molar-refractivity contribution in [2.24, 2.45) is 5.73 Å². The molecule has 3 atom stereocenters. The van der Waals surface area contributed by atoms with Crippen LogP contribution < -0.4 is 5.73 Å². The minimum Gasteiger partial charge on any atom is -0.507 e. The lowest BCUT2D eigenvalue weighted by Gasteiger charge is -2.24. The number of primary amides is 1. The number of hydrogen-bond acceptors (Lipinski definition) is 6. The second-order valence-corrected chi connectivity index (χ2v) is 7.33. The summed E-state index contributed by atoms with van der Waals surface area (Å²) in [6.07, 6.45) is 1.88. The molecule has 0 unspecified atom stereocenters. The van der Waals surface area contributed by atoms with Crippen LogP contribution in [0.3, 0.4) is 0 Å². The zero-order valence-electron chi connectivity index (χ0n) is 16.8. The van der Waals surface area contributed by atoms with Crippen LogP contribution in [-0.4, -0.2) is 51.1 Å². The lowest BCUT2D eigenvalue weighted by molar-refractivity contribution is -0.153. The molecule has 0 saturated heterocycles. The number of phenolic OH excluding ortho intramolecular Hbond substituents is 1. The predicted octanol–water partition coefficient (Wildman–Crippen LogP) is 2.15. The number of amides is 2. The highest BCUT2D eigenvalue weighted by Crippen LogP contribution is 2.28. The molecule has 0 aromatic heterocycles. The Kier molecular flexibility index (Phi) is 8.35. The third-order valence-electron chi connectivity index (χ3n) is 4.88. The van der Waals surface area contributed by atoms with Crippen molar-refractivity contribution >= 4 is 17.8 Å². The maximum atomic E-state index is 13.9. The van der Waals surface area contributed by atoms with E-state index < -0.39 is 41.9 Å². The molecule has 1 aliphatic heterocycles. The van der Waals surface area contributed by atoms with Crippen LogP contribution in [-0.2, 0) is 14.3 Å². The average Bonchev–Trinajstić information content (AvgIpc) is 3.09. The molecule has 30 heavy (non-hydrogen) atoms. The molecular weight excluding hydrogens is 395 g/mol. The Balaban J connectivity index is 1.85. The molecule has 0 spiro atoms. The summed E-state index contributed by atoms with van der Waals surface area (Å²) in [6.45, 7) is 1.70. The molecule has 164 valence electrons. The molecule has 0 saturated carbocycles. The first-order valence-electron chi connectivity index (χ1n) is 9.85. The van der Waals surface area contributed by atoms with Crippen LogP contribution in [0, 0.1) is 0 Å². The quantitative estimate of drug-likeness (QED) is 0.391. The zero-order valence-corrected chi connectivity index (χ0v) is 16.8. The fourth-order valence-corrected chi connectivity index (χ4v) is 3.19. The summed E-state index contributed by atoms with van der Waals surface area (Å²) in [6, 6.07) is 4.70. The fourth-order valence-electron chi connectivity index (χ4n) is 3.19. The molecule has 0 fully saturated rings. The molecule has 1 heterocycles. The maximum absolute atomic E-state index is 13.9. The summed E-state index contributed by atoms with van der Waals surface area (Å²) in [5.74, 6) is -3.05. The van der Waals surface area contributed by atoms with Gasteiger partial charge in [-0.15, -0.1) is 0 Å². The number of hydrogen-bond donors (Lipinski definition) is 3. The molecule has 9 heteroatoms. The van der Waals surface area contributed by atoms with Gasteiger partial charge in [-0.2, -0.15) is 0 Å². The van der Waals surface area contributed by atoms with Gasteiger partial charge in [0.25, 0.3) is 5.91 Å². The maximum Gasteiger partial charge on any atom is 0.329 e. The van der Waals surface area contributed by atoms with Crippen LogP contribution in [0.25, 0.3) is 0 Å². The molecule has 2 amide bonds. The van der Waals surface area contributed by atoms with Crippen molar-refractivity contribution in [3.8, 4) is 5.75 Å². The number of esters is 1. The van der Waals surface area contributed by atoms with E-state index in [9.17, 15) is 29.0 Å². The minimum absolute atomic E-state index is 0.0348. The van der Waals surface area contributed by atoms with Gasteiger partial charge in [-0.05, 0) is 38.3 Å². The Hall–Kier alpha value is -2.94. The Morgan fingerprint density at radius 2 is 1.90 bits per heavy atom. The summed E-state index contributed by atoms with van der Waals surface area (Å²) < 4.78 is 19.2. The van der Waals surface area contributed by atoms with E-state index in [4.69, 9.17) is 10.5 Å². The molecule has 2 rings (SSSR count). The Labute approximate surface area is 174 Å². The van der Waals surface area contributed by atoms with Crippen LogP contribution in [0.1, 0.15) is 55.8 Å². The summed E-state index contributed by atoms with van der Waals surface area (Å²) in [4.78, 5) is 36.9. The Morgan fingerprint density at radius 3 is 2.57 bits per heavy atom. The van der Waals surface area contributed by atoms with Crippen molar-refractivity contribution in [3.63, 3.8) is 0 Å². The van der Waals surface area contributed by atoms with Crippen molar-refractivity contribution in [2.75, 3.05) is 0 Å². The van der Waals surface area contributed by atoms with E-state index in [0.717, 1.165) is 11.1 Å². The van der Waals surface area contributed by atoms with Crippen molar-refractivity contribution < 1.29 is 33.7 Å². The molecule has 0 bridgehead atoms.